The summed E-state index contributed by atoms with van der Waals surface area (Å²) in [7, 11) is 0. The Balaban J connectivity index is 1.83. The second-order valence-corrected chi connectivity index (χ2v) is 8.37. The third kappa shape index (κ3) is 2.46. The molecule has 4 bridgehead atoms. The molecule has 21 heavy (non-hydrogen) atoms. The summed E-state index contributed by atoms with van der Waals surface area (Å²) in [5.41, 5.74) is 1.33. The molecule has 4 fully saturated rings. The van der Waals surface area contributed by atoms with Crippen molar-refractivity contribution in [3.63, 3.8) is 0 Å². The van der Waals surface area contributed by atoms with Crippen molar-refractivity contribution in [1.82, 2.24) is 0 Å². The zero-order valence-electron chi connectivity index (χ0n) is 13.3. The van der Waals surface area contributed by atoms with Crippen molar-refractivity contribution in [3.8, 4) is 0 Å². The van der Waals surface area contributed by atoms with Crippen LogP contribution in [0.4, 0.5) is 0 Å². The maximum Gasteiger partial charge on any atom is 0.0431 e. The lowest BCUT2D eigenvalue weighted by Crippen LogP contribution is -2.33. The molecular weight excluding hydrogens is 264 g/mol. The first-order valence-corrected chi connectivity index (χ1v) is 8.96. The molecule has 0 aromatic carbocycles. The minimum absolute atomic E-state index is 0.312. The van der Waals surface area contributed by atoms with Gasteiger partial charge in [0.25, 0.3) is 0 Å². The molecule has 0 aromatic rings. The lowest BCUT2D eigenvalue weighted by molar-refractivity contribution is 0.0705. The topological polar surface area (TPSA) is 60.7 Å². The Labute approximate surface area is 128 Å². The fraction of sp³-hybridized carbons (Fsp3) is 1.00. The summed E-state index contributed by atoms with van der Waals surface area (Å²) in [6.45, 7) is 0.942. The van der Waals surface area contributed by atoms with Gasteiger partial charge in [-0.25, -0.2) is 0 Å². The fourth-order valence-corrected chi connectivity index (χ4v) is 7.01. The van der Waals surface area contributed by atoms with Crippen molar-refractivity contribution >= 4 is 0 Å². The molecule has 2 atom stereocenters. The van der Waals surface area contributed by atoms with Gasteiger partial charge in [-0.05, 0) is 92.8 Å². The molecule has 4 aliphatic carbocycles. The Morgan fingerprint density at radius 1 is 0.667 bits per heavy atom. The highest BCUT2D eigenvalue weighted by Crippen LogP contribution is 2.79. The van der Waals surface area contributed by atoms with E-state index in [-0.39, 0.29) is 0 Å². The highest BCUT2D eigenvalue weighted by Gasteiger charge is 2.69. The van der Waals surface area contributed by atoms with Crippen molar-refractivity contribution in [2.45, 2.75) is 70.6 Å². The molecule has 3 N–H and O–H groups in total. The summed E-state index contributed by atoms with van der Waals surface area (Å²) in [6, 6.07) is 0. The molecular formula is C18H32O3. The van der Waals surface area contributed by atoms with Gasteiger partial charge in [-0.15, -0.1) is 0 Å². The van der Waals surface area contributed by atoms with E-state index in [1.54, 1.807) is 0 Å². The van der Waals surface area contributed by atoms with Gasteiger partial charge in [0.15, 0.2) is 0 Å². The molecule has 0 aromatic heterocycles. The standard InChI is InChI=1S/C18H32O3/c19-7-1-4-16-10-15-11-17(13-16,5-2-8-20)18(12-15,14-16)6-3-9-21/h15,19-21H,1-14H2. The van der Waals surface area contributed by atoms with E-state index in [0.717, 1.165) is 25.2 Å². The molecule has 0 spiro atoms. The van der Waals surface area contributed by atoms with Crippen LogP contribution in [0.2, 0.25) is 0 Å². The average Bonchev–Trinajstić information content (AvgIpc) is 2.80. The second kappa shape index (κ2) is 5.82. The summed E-state index contributed by atoms with van der Waals surface area (Å²) in [4.78, 5) is 0. The maximum absolute atomic E-state index is 9.31. The molecule has 2 unspecified atom stereocenters. The quantitative estimate of drug-likeness (QED) is 0.613. The molecule has 0 radical (unpaired) electrons. The predicted molar refractivity (Wildman–Crippen MR) is 82.8 cm³/mol. The lowest BCUT2D eigenvalue weighted by Gasteiger charge is -2.41. The van der Waals surface area contributed by atoms with Gasteiger partial charge >= 0.3 is 0 Å². The monoisotopic (exact) mass is 296 g/mol. The molecule has 3 nitrogen and oxygen atoms in total. The van der Waals surface area contributed by atoms with Crippen LogP contribution in [0.3, 0.4) is 0 Å². The molecule has 0 saturated heterocycles. The van der Waals surface area contributed by atoms with Gasteiger partial charge in [0.2, 0.25) is 0 Å². The minimum atomic E-state index is 0.312. The molecule has 4 saturated carbocycles. The van der Waals surface area contributed by atoms with Gasteiger partial charge in [0.1, 0.15) is 0 Å². The van der Waals surface area contributed by atoms with Crippen LogP contribution in [0.25, 0.3) is 0 Å². The molecule has 0 heterocycles. The molecule has 0 amide bonds. The maximum atomic E-state index is 9.31. The summed E-state index contributed by atoms with van der Waals surface area (Å²) < 4.78 is 0. The van der Waals surface area contributed by atoms with Gasteiger partial charge in [-0.2, -0.15) is 0 Å². The Bertz CT molecular complexity index is 343. The minimum Gasteiger partial charge on any atom is -0.396 e. The number of aliphatic hydroxyl groups excluding tert-OH is 3. The van der Waals surface area contributed by atoms with Gasteiger partial charge in [0, 0.05) is 19.8 Å². The van der Waals surface area contributed by atoms with E-state index in [9.17, 15) is 15.3 Å². The first-order chi connectivity index (χ1) is 10.1. The largest absolute Gasteiger partial charge is 0.396 e. The summed E-state index contributed by atoms with van der Waals surface area (Å²) in [6.07, 6.45) is 13.1. The van der Waals surface area contributed by atoms with Crippen molar-refractivity contribution in [2.24, 2.45) is 22.2 Å². The first kappa shape index (κ1) is 15.8. The smallest absolute Gasteiger partial charge is 0.0431 e. The molecule has 4 rings (SSSR count). The Morgan fingerprint density at radius 3 is 1.62 bits per heavy atom. The third-order valence-electron chi connectivity index (χ3n) is 7.12. The third-order valence-corrected chi connectivity index (χ3v) is 7.12. The van der Waals surface area contributed by atoms with Crippen LogP contribution >= 0.6 is 0 Å². The van der Waals surface area contributed by atoms with Crippen molar-refractivity contribution in [3.05, 3.63) is 0 Å². The van der Waals surface area contributed by atoms with Gasteiger partial charge in [-0.3, -0.25) is 0 Å². The first-order valence-electron chi connectivity index (χ1n) is 8.96. The van der Waals surface area contributed by atoms with Gasteiger partial charge < -0.3 is 15.3 Å². The number of hydrogen-bond acceptors (Lipinski definition) is 3. The molecule has 122 valence electrons. The molecule has 4 aliphatic rings. The van der Waals surface area contributed by atoms with Crippen LogP contribution in [-0.2, 0) is 0 Å². The molecule has 3 heteroatoms. The molecule has 0 aliphatic heterocycles. The number of hydrogen-bond donors (Lipinski definition) is 3. The average molecular weight is 296 g/mol. The van der Waals surface area contributed by atoms with Crippen LogP contribution < -0.4 is 0 Å². The zero-order chi connectivity index (χ0) is 15.0. The van der Waals surface area contributed by atoms with Gasteiger partial charge in [-0.1, -0.05) is 0 Å². The van der Waals surface area contributed by atoms with E-state index >= 15 is 0 Å². The van der Waals surface area contributed by atoms with Crippen LogP contribution in [-0.4, -0.2) is 35.1 Å². The predicted octanol–water partition coefficient (Wildman–Crippen LogP) is 2.87. The van der Waals surface area contributed by atoms with Crippen LogP contribution in [0, 0.1) is 22.2 Å². The number of aliphatic hydroxyl groups is 3. The van der Waals surface area contributed by atoms with E-state index in [4.69, 9.17) is 0 Å². The second-order valence-electron chi connectivity index (χ2n) is 8.37. The van der Waals surface area contributed by atoms with E-state index in [2.05, 4.69) is 0 Å². The zero-order valence-corrected chi connectivity index (χ0v) is 13.3. The lowest BCUT2D eigenvalue weighted by atomic mass is 9.63. The summed E-state index contributed by atoms with van der Waals surface area (Å²) in [5, 5.41) is 27.9. The summed E-state index contributed by atoms with van der Waals surface area (Å²) >= 11 is 0. The fourth-order valence-electron chi connectivity index (χ4n) is 7.01. The summed E-state index contributed by atoms with van der Waals surface area (Å²) in [5.74, 6) is 0.864. The van der Waals surface area contributed by atoms with Crippen molar-refractivity contribution in [2.75, 3.05) is 19.8 Å². The van der Waals surface area contributed by atoms with Gasteiger partial charge in [0.05, 0.1) is 0 Å². The highest BCUT2D eigenvalue weighted by molar-refractivity contribution is 5.19. The van der Waals surface area contributed by atoms with E-state index in [1.807, 2.05) is 0 Å². The Hall–Kier alpha value is -0.120. The van der Waals surface area contributed by atoms with Crippen LogP contribution in [0.1, 0.15) is 70.6 Å². The Kier molecular flexibility index (Phi) is 4.37. The number of rotatable bonds is 9. The van der Waals surface area contributed by atoms with E-state index in [0.29, 0.717) is 36.1 Å². The highest BCUT2D eigenvalue weighted by atomic mass is 16.3. The normalized spacial score (nSPS) is 43.9. The van der Waals surface area contributed by atoms with E-state index in [1.165, 1.54) is 51.4 Å². The van der Waals surface area contributed by atoms with Crippen molar-refractivity contribution < 1.29 is 15.3 Å². The van der Waals surface area contributed by atoms with Crippen LogP contribution in [0.15, 0.2) is 0 Å². The van der Waals surface area contributed by atoms with Crippen molar-refractivity contribution in [1.29, 1.82) is 0 Å². The van der Waals surface area contributed by atoms with E-state index < -0.39 is 0 Å². The SMILES string of the molecule is OCCCC12CC3CC(CCCO)(C1)C(CCCO)(C3)C2. The Morgan fingerprint density at radius 2 is 1.14 bits per heavy atom. The van der Waals surface area contributed by atoms with Crippen LogP contribution in [0.5, 0.6) is 0 Å².